The third-order valence-electron chi connectivity index (χ3n) is 4.06. The highest BCUT2D eigenvalue weighted by molar-refractivity contribution is 9.10. The summed E-state index contributed by atoms with van der Waals surface area (Å²) in [7, 11) is 1.39. The number of amides is 1. The summed E-state index contributed by atoms with van der Waals surface area (Å²) in [5.74, 6) is -1.98. The van der Waals surface area contributed by atoms with Gasteiger partial charge in [0.25, 0.3) is 0 Å². The van der Waals surface area contributed by atoms with Crippen LogP contribution in [0.3, 0.4) is 0 Å². The van der Waals surface area contributed by atoms with Crippen LogP contribution < -0.4 is 5.32 Å². The second kappa shape index (κ2) is 11.8. The smallest absolute Gasteiger partial charge is 0.412 e. The molecule has 2 N–H and O–H groups in total. The van der Waals surface area contributed by atoms with E-state index in [9.17, 15) is 19.1 Å². The molecule has 0 unspecified atom stereocenters. The van der Waals surface area contributed by atoms with E-state index in [1.165, 1.54) is 13.2 Å². The summed E-state index contributed by atoms with van der Waals surface area (Å²) < 4.78 is 30.7. The van der Waals surface area contributed by atoms with Crippen LogP contribution in [-0.4, -0.2) is 42.7 Å². The van der Waals surface area contributed by atoms with Crippen LogP contribution >= 0.6 is 28.6 Å². The molecule has 0 bridgehead atoms. The van der Waals surface area contributed by atoms with Crippen LogP contribution in [0.15, 0.2) is 46.9 Å². The van der Waals surface area contributed by atoms with E-state index in [1.807, 2.05) is 0 Å². The predicted octanol–water partition coefficient (Wildman–Crippen LogP) is 4.46. The maximum atomic E-state index is 13.9. The van der Waals surface area contributed by atoms with Crippen molar-refractivity contribution in [2.75, 3.05) is 24.8 Å². The number of thiol groups is 1. The molecule has 2 aromatic rings. The second-order valence-electron chi connectivity index (χ2n) is 6.11. The molecule has 0 aliphatic rings. The monoisotopic (exact) mass is 501 g/mol. The minimum Gasteiger partial charge on any atom is -0.505 e. The maximum Gasteiger partial charge on any atom is 0.412 e. The number of nitrogens with one attached hydrogen (secondary N) is 1. The molecular weight excluding hydrogens is 481 g/mol. The number of halogens is 2. The Balaban J connectivity index is 2.18. The van der Waals surface area contributed by atoms with E-state index in [1.54, 1.807) is 24.3 Å². The van der Waals surface area contributed by atoms with E-state index in [-0.39, 0.29) is 24.3 Å². The first kappa shape index (κ1) is 24.0. The van der Waals surface area contributed by atoms with E-state index >= 15 is 0 Å². The maximum absolute atomic E-state index is 13.9. The molecule has 2 aromatic carbocycles. The molecule has 2 atom stereocenters. The lowest BCUT2D eigenvalue weighted by molar-refractivity contribution is -0.141. The number of benzene rings is 2. The van der Waals surface area contributed by atoms with Crippen molar-refractivity contribution in [3.05, 3.63) is 58.3 Å². The van der Waals surface area contributed by atoms with Crippen LogP contribution in [0.4, 0.5) is 14.9 Å². The van der Waals surface area contributed by atoms with Crippen molar-refractivity contribution in [1.82, 2.24) is 0 Å². The zero-order chi connectivity index (χ0) is 22.1. The Kier molecular flexibility index (Phi) is 9.41. The summed E-state index contributed by atoms with van der Waals surface area (Å²) in [5.41, 5.74) is 0.763. The van der Waals surface area contributed by atoms with Crippen molar-refractivity contribution >= 4 is 46.3 Å². The highest BCUT2D eigenvalue weighted by Crippen LogP contribution is 2.29. The number of methoxy groups -OCH3 is 1. The Bertz CT molecular complexity index is 867. The highest BCUT2D eigenvalue weighted by atomic mass is 79.9. The SMILES string of the molecule is CO[C@@H](CCOC(=O)CS)[C@@H](OC(=O)Nc1ccc(Br)cc1)c1ccc(O)c(F)c1. The lowest BCUT2D eigenvalue weighted by Crippen LogP contribution is -2.29. The summed E-state index contributed by atoms with van der Waals surface area (Å²) in [4.78, 5) is 23.7. The summed E-state index contributed by atoms with van der Waals surface area (Å²) in [6, 6.07) is 10.5. The molecule has 30 heavy (non-hydrogen) atoms. The second-order valence-corrected chi connectivity index (χ2v) is 7.34. The Morgan fingerprint density at radius 2 is 1.93 bits per heavy atom. The molecule has 0 radical (unpaired) electrons. The normalized spacial score (nSPS) is 12.7. The number of carbonyl (C=O) groups is 2. The first-order valence-electron chi connectivity index (χ1n) is 8.85. The number of hydrogen-bond donors (Lipinski definition) is 3. The summed E-state index contributed by atoms with van der Waals surface area (Å²) in [6.45, 7) is -0.00728. The van der Waals surface area contributed by atoms with Gasteiger partial charge in [0.15, 0.2) is 17.7 Å². The van der Waals surface area contributed by atoms with Gasteiger partial charge in [0, 0.05) is 23.7 Å². The average molecular weight is 502 g/mol. The van der Waals surface area contributed by atoms with Crippen LogP contribution in [-0.2, 0) is 19.0 Å². The van der Waals surface area contributed by atoms with Gasteiger partial charge in [0.05, 0.1) is 12.4 Å². The molecule has 0 aliphatic heterocycles. The van der Waals surface area contributed by atoms with Crippen LogP contribution in [0.2, 0.25) is 0 Å². The third kappa shape index (κ3) is 7.19. The Morgan fingerprint density at radius 3 is 2.53 bits per heavy atom. The molecule has 0 saturated carbocycles. The fourth-order valence-corrected chi connectivity index (χ4v) is 2.94. The van der Waals surface area contributed by atoms with Gasteiger partial charge in [-0.3, -0.25) is 10.1 Å². The van der Waals surface area contributed by atoms with E-state index in [0.29, 0.717) is 5.69 Å². The van der Waals surface area contributed by atoms with Crippen LogP contribution in [0.5, 0.6) is 5.75 Å². The van der Waals surface area contributed by atoms with Crippen molar-refractivity contribution < 1.29 is 33.3 Å². The number of esters is 1. The van der Waals surface area contributed by atoms with E-state index in [2.05, 4.69) is 33.9 Å². The van der Waals surface area contributed by atoms with Gasteiger partial charge in [-0.2, -0.15) is 12.6 Å². The van der Waals surface area contributed by atoms with Gasteiger partial charge < -0.3 is 19.3 Å². The van der Waals surface area contributed by atoms with Gasteiger partial charge in [-0.1, -0.05) is 22.0 Å². The molecule has 0 aromatic heterocycles. The molecule has 0 spiro atoms. The minimum atomic E-state index is -1.03. The minimum absolute atomic E-state index is 0.00728. The van der Waals surface area contributed by atoms with Crippen molar-refractivity contribution in [3.8, 4) is 5.75 Å². The van der Waals surface area contributed by atoms with Crippen molar-refractivity contribution in [2.45, 2.75) is 18.6 Å². The zero-order valence-corrected chi connectivity index (χ0v) is 18.5. The van der Waals surface area contributed by atoms with Crippen molar-refractivity contribution in [1.29, 1.82) is 0 Å². The molecule has 1 amide bonds. The number of carbonyl (C=O) groups excluding carboxylic acids is 2. The molecule has 2 rings (SSSR count). The fourth-order valence-electron chi connectivity index (χ4n) is 2.58. The topological polar surface area (TPSA) is 94.1 Å². The van der Waals surface area contributed by atoms with Crippen LogP contribution in [0, 0.1) is 5.82 Å². The predicted molar refractivity (Wildman–Crippen MR) is 115 cm³/mol. The number of rotatable bonds is 9. The molecule has 0 fully saturated rings. The summed E-state index contributed by atoms with van der Waals surface area (Å²) >= 11 is 7.13. The van der Waals surface area contributed by atoms with Crippen LogP contribution in [0.25, 0.3) is 0 Å². The first-order valence-corrected chi connectivity index (χ1v) is 10.3. The molecular formula is C20H21BrFNO6S. The van der Waals surface area contributed by atoms with Crippen molar-refractivity contribution in [3.63, 3.8) is 0 Å². The lowest BCUT2D eigenvalue weighted by atomic mass is 10.0. The van der Waals surface area contributed by atoms with Gasteiger partial charge in [0.2, 0.25) is 0 Å². The van der Waals surface area contributed by atoms with E-state index in [0.717, 1.165) is 16.6 Å². The molecule has 7 nitrogen and oxygen atoms in total. The van der Waals surface area contributed by atoms with Crippen molar-refractivity contribution in [2.24, 2.45) is 0 Å². The summed E-state index contributed by atoms with van der Waals surface area (Å²) in [5, 5.41) is 12.0. The lowest BCUT2D eigenvalue weighted by Gasteiger charge is -2.26. The standard InChI is InChI=1S/C20H21BrFNO6S/c1-27-17(8-9-28-18(25)11-30)19(12-2-7-16(24)15(22)10-12)29-20(26)23-14-5-3-13(21)4-6-14/h2-7,10,17,19,24,30H,8-9,11H2,1H3,(H,23,26)/t17-,19-/m0/s1. The Morgan fingerprint density at radius 1 is 1.23 bits per heavy atom. The first-order chi connectivity index (χ1) is 14.3. The number of phenolic OH excluding ortho intramolecular Hbond substituents is 1. The summed E-state index contributed by atoms with van der Waals surface area (Å²) in [6.07, 6.45) is -2.40. The number of phenols is 1. The number of hydrogen-bond acceptors (Lipinski definition) is 7. The molecule has 0 heterocycles. The van der Waals surface area contributed by atoms with Gasteiger partial charge >= 0.3 is 12.1 Å². The quantitative estimate of drug-likeness (QED) is 0.346. The number of aromatic hydroxyl groups is 1. The third-order valence-corrected chi connectivity index (χ3v) is 4.85. The van der Waals surface area contributed by atoms with Crippen LogP contribution in [0.1, 0.15) is 18.1 Å². The molecule has 0 aliphatic carbocycles. The Labute approximate surface area is 187 Å². The highest BCUT2D eigenvalue weighted by Gasteiger charge is 2.28. The number of ether oxygens (including phenoxy) is 3. The van der Waals surface area contributed by atoms with E-state index < -0.39 is 35.8 Å². The van der Waals surface area contributed by atoms with Gasteiger partial charge in [0.1, 0.15) is 6.10 Å². The fraction of sp³-hybridized carbons (Fsp3) is 0.300. The van der Waals surface area contributed by atoms with Gasteiger partial charge in [-0.25, -0.2) is 9.18 Å². The zero-order valence-electron chi connectivity index (χ0n) is 16.0. The number of anilines is 1. The van der Waals surface area contributed by atoms with Gasteiger partial charge in [-0.15, -0.1) is 0 Å². The molecule has 162 valence electrons. The van der Waals surface area contributed by atoms with Gasteiger partial charge in [-0.05, 0) is 42.0 Å². The Hall–Kier alpha value is -2.30. The molecule has 10 heteroatoms. The average Bonchev–Trinajstić information content (AvgIpc) is 2.73. The molecule has 0 saturated heterocycles. The largest absolute Gasteiger partial charge is 0.505 e. The van der Waals surface area contributed by atoms with E-state index in [4.69, 9.17) is 14.2 Å².